The average Bonchev–Trinajstić information content (AvgIpc) is 3.30. The van der Waals surface area contributed by atoms with Crippen molar-refractivity contribution < 1.29 is 9.59 Å². The fourth-order valence-corrected chi connectivity index (χ4v) is 5.67. The largest absolute Gasteiger partial charge is 0.353 e. The Morgan fingerprint density at radius 1 is 1.04 bits per heavy atom. The number of rotatable bonds is 3. The molecule has 1 aromatic heterocycles. The highest BCUT2D eigenvalue weighted by Crippen LogP contribution is 2.33. The highest BCUT2D eigenvalue weighted by molar-refractivity contribution is 7.14. The van der Waals surface area contributed by atoms with Gasteiger partial charge in [-0.05, 0) is 63.0 Å². The van der Waals surface area contributed by atoms with Gasteiger partial charge < -0.3 is 10.2 Å². The molecule has 1 saturated heterocycles. The Kier molecular flexibility index (Phi) is 5.11. The van der Waals surface area contributed by atoms with Crippen molar-refractivity contribution in [2.75, 3.05) is 13.1 Å². The molecule has 1 atom stereocenters. The number of piperidine rings is 1. The van der Waals surface area contributed by atoms with Gasteiger partial charge in [-0.2, -0.15) is 0 Å². The number of nitrogens with one attached hydrogen (secondary N) is 1. The maximum absolute atomic E-state index is 12.7. The molecule has 1 aromatic rings. The summed E-state index contributed by atoms with van der Waals surface area (Å²) >= 11 is 1.66. The monoisotopic (exact) mass is 360 g/mol. The van der Waals surface area contributed by atoms with Crippen LogP contribution in [0.25, 0.3) is 0 Å². The van der Waals surface area contributed by atoms with Crippen molar-refractivity contribution in [3.05, 3.63) is 21.4 Å². The zero-order chi connectivity index (χ0) is 17.2. The second kappa shape index (κ2) is 7.48. The van der Waals surface area contributed by atoms with Gasteiger partial charge in [-0.1, -0.05) is 12.8 Å². The second-order valence-corrected chi connectivity index (χ2v) is 8.98. The number of hydrogen-bond donors (Lipinski definition) is 1. The first-order valence-electron chi connectivity index (χ1n) is 9.92. The molecule has 136 valence electrons. The van der Waals surface area contributed by atoms with E-state index in [2.05, 4.69) is 11.4 Å². The quantitative estimate of drug-likeness (QED) is 0.896. The van der Waals surface area contributed by atoms with Crippen molar-refractivity contribution in [3.8, 4) is 0 Å². The molecule has 1 N–H and O–H groups in total. The number of thiophene rings is 1. The first-order chi connectivity index (χ1) is 12.2. The second-order valence-electron chi connectivity index (χ2n) is 7.84. The molecule has 4 rings (SSSR count). The zero-order valence-corrected chi connectivity index (χ0v) is 15.7. The van der Waals surface area contributed by atoms with E-state index in [-0.39, 0.29) is 17.7 Å². The summed E-state index contributed by atoms with van der Waals surface area (Å²) in [5.41, 5.74) is 1.24. The lowest BCUT2D eigenvalue weighted by Gasteiger charge is -2.26. The van der Waals surface area contributed by atoms with Crippen molar-refractivity contribution >= 4 is 23.2 Å². The van der Waals surface area contributed by atoms with Crippen LogP contribution in [0.2, 0.25) is 0 Å². The molecule has 1 aliphatic heterocycles. The Balaban J connectivity index is 1.40. The third-order valence-electron chi connectivity index (χ3n) is 6.01. The van der Waals surface area contributed by atoms with Crippen LogP contribution < -0.4 is 5.32 Å². The van der Waals surface area contributed by atoms with Gasteiger partial charge in [-0.25, -0.2) is 0 Å². The summed E-state index contributed by atoms with van der Waals surface area (Å²) in [6.07, 6.45) is 10.9. The topological polar surface area (TPSA) is 49.4 Å². The SMILES string of the molecule is O=C(NC1CCCC1)C1CCc2sc(C(=O)N3CCCCC3)cc2C1. The van der Waals surface area contributed by atoms with Gasteiger partial charge in [0.2, 0.25) is 5.91 Å². The number of amides is 2. The molecular weight excluding hydrogens is 332 g/mol. The highest BCUT2D eigenvalue weighted by Gasteiger charge is 2.30. The predicted octanol–water partition coefficient (Wildman–Crippen LogP) is 3.54. The Hall–Kier alpha value is -1.36. The van der Waals surface area contributed by atoms with Crippen LogP contribution in [-0.2, 0) is 17.6 Å². The Morgan fingerprint density at radius 3 is 2.56 bits per heavy atom. The number of likely N-dealkylation sites (tertiary alicyclic amines) is 1. The van der Waals surface area contributed by atoms with E-state index in [9.17, 15) is 9.59 Å². The first kappa shape index (κ1) is 17.1. The molecule has 1 unspecified atom stereocenters. The molecule has 0 radical (unpaired) electrons. The van der Waals surface area contributed by atoms with E-state index >= 15 is 0 Å². The van der Waals surface area contributed by atoms with Gasteiger partial charge in [0.25, 0.3) is 5.91 Å². The van der Waals surface area contributed by atoms with Crippen LogP contribution in [0.4, 0.5) is 0 Å². The summed E-state index contributed by atoms with van der Waals surface area (Å²) in [7, 11) is 0. The van der Waals surface area contributed by atoms with Crippen LogP contribution in [-0.4, -0.2) is 35.8 Å². The fourth-order valence-electron chi connectivity index (χ4n) is 4.49. The Bertz CT molecular complexity index is 642. The van der Waals surface area contributed by atoms with E-state index in [1.807, 2.05) is 4.90 Å². The summed E-state index contributed by atoms with van der Waals surface area (Å²) in [6.45, 7) is 1.79. The smallest absolute Gasteiger partial charge is 0.263 e. The van der Waals surface area contributed by atoms with Crippen LogP contribution in [0.15, 0.2) is 6.07 Å². The van der Waals surface area contributed by atoms with Crippen LogP contribution in [0.3, 0.4) is 0 Å². The molecule has 3 aliphatic rings. The Morgan fingerprint density at radius 2 is 1.80 bits per heavy atom. The molecule has 2 heterocycles. The van der Waals surface area contributed by atoms with Gasteiger partial charge >= 0.3 is 0 Å². The summed E-state index contributed by atoms with van der Waals surface area (Å²) in [5, 5.41) is 3.25. The van der Waals surface area contributed by atoms with Gasteiger partial charge in [0.1, 0.15) is 0 Å². The van der Waals surface area contributed by atoms with Gasteiger partial charge in [-0.15, -0.1) is 11.3 Å². The zero-order valence-electron chi connectivity index (χ0n) is 14.9. The minimum Gasteiger partial charge on any atom is -0.353 e. The van der Waals surface area contributed by atoms with Gasteiger partial charge in [0, 0.05) is 29.9 Å². The van der Waals surface area contributed by atoms with E-state index < -0.39 is 0 Å². The van der Waals surface area contributed by atoms with Crippen LogP contribution in [0, 0.1) is 5.92 Å². The van der Waals surface area contributed by atoms with E-state index in [0.29, 0.717) is 6.04 Å². The molecule has 25 heavy (non-hydrogen) atoms. The van der Waals surface area contributed by atoms with Crippen molar-refractivity contribution in [2.45, 2.75) is 70.3 Å². The lowest BCUT2D eigenvalue weighted by molar-refractivity contribution is -0.126. The van der Waals surface area contributed by atoms with Gasteiger partial charge in [-0.3, -0.25) is 9.59 Å². The summed E-state index contributed by atoms with van der Waals surface area (Å²) < 4.78 is 0. The number of hydrogen-bond acceptors (Lipinski definition) is 3. The standard InChI is InChI=1S/C20H28N2O2S/c23-19(21-16-6-2-3-7-16)14-8-9-17-15(12-14)13-18(25-17)20(24)22-10-4-1-5-11-22/h13-14,16H,1-12H2,(H,21,23). The molecule has 2 amide bonds. The molecule has 5 heteroatoms. The van der Waals surface area contributed by atoms with Crippen molar-refractivity contribution in [1.29, 1.82) is 0 Å². The minimum atomic E-state index is 0.0839. The number of nitrogens with zero attached hydrogens (tertiary/aromatic N) is 1. The summed E-state index contributed by atoms with van der Waals surface area (Å²) in [6, 6.07) is 2.47. The molecule has 4 nitrogen and oxygen atoms in total. The summed E-state index contributed by atoms with van der Waals surface area (Å²) in [5.74, 6) is 0.513. The molecule has 0 spiro atoms. The third kappa shape index (κ3) is 3.76. The maximum atomic E-state index is 12.7. The third-order valence-corrected chi connectivity index (χ3v) is 7.23. The predicted molar refractivity (Wildman–Crippen MR) is 100.0 cm³/mol. The lowest BCUT2D eigenvalue weighted by atomic mass is 9.87. The minimum absolute atomic E-state index is 0.0839. The molecular formula is C20H28N2O2S. The number of carbonyl (C=O) groups is 2. The molecule has 2 aliphatic carbocycles. The van der Waals surface area contributed by atoms with Gasteiger partial charge in [0.05, 0.1) is 4.88 Å². The summed E-state index contributed by atoms with van der Waals surface area (Å²) in [4.78, 5) is 29.5. The van der Waals surface area contributed by atoms with Crippen molar-refractivity contribution in [3.63, 3.8) is 0 Å². The van der Waals surface area contributed by atoms with Crippen LogP contribution in [0.5, 0.6) is 0 Å². The molecule has 1 saturated carbocycles. The average molecular weight is 361 g/mol. The van der Waals surface area contributed by atoms with Crippen LogP contribution in [0.1, 0.15) is 71.5 Å². The lowest BCUT2D eigenvalue weighted by Crippen LogP contribution is -2.39. The fraction of sp³-hybridized carbons (Fsp3) is 0.700. The normalized spacial score (nSPS) is 24.2. The van der Waals surface area contributed by atoms with Crippen molar-refractivity contribution in [1.82, 2.24) is 10.2 Å². The van der Waals surface area contributed by atoms with E-state index in [4.69, 9.17) is 0 Å². The number of aryl methyl sites for hydroxylation is 1. The molecule has 2 fully saturated rings. The van der Waals surface area contributed by atoms with E-state index in [1.165, 1.54) is 29.7 Å². The first-order valence-corrected chi connectivity index (χ1v) is 10.7. The van der Waals surface area contributed by atoms with Crippen LogP contribution >= 0.6 is 11.3 Å². The molecule has 0 aromatic carbocycles. The highest BCUT2D eigenvalue weighted by atomic mass is 32.1. The maximum Gasteiger partial charge on any atom is 0.263 e. The van der Waals surface area contributed by atoms with E-state index in [1.54, 1.807) is 11.3 Å². The molecule has 0 bridgehead atoms. The number of carbonyl (C=O) groups excluding carboxylic acids is 2. The van der Waals surface area contributed by atoms with Gasteiger partial charge in [0.15, 0.2) is 0 Å². The van der Waals surface area contributed by atoms with Crippen molar-refractivity contribution in [2.24, 2.45) is 5.92 Å². The van der Waals surface area contributed by atoms with E-state index in [0.717, 1.165) is 62.9 Å². The Labute approximate surface area is 154 Å². The number of fused-ring (bicyclic) bond motifs is 1.